The Hall–Kier alpha value is -2.55. The van der Waals surface area contributed by atoms with Gasteiger partial charge < -0.3 is 10.1 Å². The first-order valence-corrected chi connectivity index (χ1v) is 4.77. The molecule has 3 amide bonds. The third-order valence-corrected chi connectivity index (χ3v) is 1.82. The van der Waals surface area contributed by atoms with Gasteiger partial charge in [-0.1, -0.05) is 6.07 Å². The summed E-state index contributed by atoms with van der Waals surface area (Å²) < 4.78 is 4.97. The molecule has 17 heavy (non-hydrogen) atoms. The Morgan fingerprint density at radius 2 is 2.24 bits per heavy atom. The minimum absolute atomic E-state index is 0.356. The highest BCUT2D eigenvalue weighted by Crippen LogP contribution is 2.16. The fourth-order valence-corrected chi connectivity index (χ4v) is 1.11. The van der Waals surface area contributed by atoms with E-state index in [1.807, 2.05) is 5.32 Å². The van der Waals surface area contributed by atoms with Gasteiger partial charge in [-0.3, -0.25) is 10.1 Å². The van der Waals surface area contributed by atoms with E-state index >= 15 is 0 Å². The topological polar surface area (TPSA) is 91.2 Å². The molecule has 0 fully saturated rings. The lowest BCUT2D eigenvalue weighted by Gasteiger charge is -2.06. The quantitative estimate of drug-likeness (QED) is 0.822. The first-order chi connectivity index (χ1) is 8.15. The maximum Gasteiger partial charge on any atom is 0.325 e. The highest BCUT2D eigenvalue weighted by Gasteiger charge is 2.07. The van der Waals surface area contributed by atoms with E-state index in [0.717, 1.165) is 0 Å². The van der Waals surface area contributed by atoms with Gasteiger partial charge in [-0.15, -0.1) is 0 Å². The van der Waals surface area contributed by atoms with Crippen LogP contribution in [0.25, 0.3) is 0 Å². The summed E-state index contributed by atoms with van der Waals surface area (Å²) in [5, 5.41) is 12.7. The molecule has 0 aliphatic rings. The number of carbonyl (C=O) groups excluding carboxylic acids is 2. The molecule has 0 radical (unpaired) electrons. The van der Waals surface area contributed by atoms with Gasteiger partial charge in [0.15, 0.2) is 0 Å². The van der Waals surface area contributed by atoms with Crippen molar-refractivity contribution in [1.29, 1.82) is 5.26 Å². The van der Waals surface area contributed by atoms with Crippen molar-refractivity contribution < 1.29 is 14.3 Å². The molecule has 1 aromatic rings. The SMILES string of the molecule is COc1cccc(NC(=O)NC(=O)CC#N)c1. The Morgan fingerprint density at radius 3 is 2.88 bits per heavy atom. The molecule has 0 unspecified atom stereocenters. The van der Waals surface area contributed by atoms with Gasteiger partial charge in [0.1, 0.15) is 12.2 Å². The van der Waals surface area contributed by atoms with Gasteiger partial charge in [-0.2, -0.15) is 5.26 Å². The van der Waals surface area contributed by atoms with Gasteiger partial charge in [-0.25, -0.2) is 4.79 Å². The van der Waals surface area contributed by atoms with Gasteiger partial charge in [0.05, 0.1) is 13.2 Å². The van der Waals surface area contributed by atoms with Crippen LogP contribution in [0.15, 0.2) is 24.3 Å². The number of anilines is 1. The minimum Gasteiger partial charge on any atom is -0.497 e. The van der Waals surface area contributed by atoms with Crippen molar-refractivity contribution in [3.63, 3.8) is 0 Å². The molecule has 1 rings (SSSR count). The molecule has 88 valence electrons. The second-order valence-electron chi connectivity index (χ2n) is 3.07. The number of urea groups is 1. The summed E-state index contributed by atoms with van der Waals surface area (Å²) >= 11 is 0. The number of benzene rings is 1. The van der Waals surface area contributed by atoms with Crippen molar-refractivity contribution in [2.75, 3.05) is 12.4 Å². The van der Waals surface area contributed by atoms with E-state index in [9.17, 15) is 9.59 Å². The van der Waals surface area contributed by atoms with Crippen molar-refractivity contribution >= 4 is 17.6 Å². The maximum atomic E-state index is 11.3. The molecule has 6 heteroatoms. The zero-order valence-electron chi connectivity index (χ0n) is 9.19. The number of hydrogen-bond donors (Lipinski definition) is 2. The fourth-order valence-electron chi connectivity index (χ4n) is 1.11. The number of methoxy groups -OCH3 is 1. The molecule has 0 heterocycles. The van der Waals surface area contributed by atoms with Crippen molar-refractivity contribution in [3.05, 3.63) is 24.3 Å². The van der Waals surface area contributed by atoms with Crippen molar-refractivity contribution in [1.82, 2.24) is 5.32 Å². The van der Waals surface area contributed by atoms with Crippen LogP contribution in [0.2, 0.25) is 0 Å². The average molecular weight is 233 g/mol. The van der Waals surface area contributed by atoms with Crippen molar-refractivity contribution in [3.8, 4) is 11.8 Å². The Balaban J connectivity index is 2.56. The number of ether oxygens (including phenoxy) is 1. The highest BCUT2D eigenvalue weighted by molar-refractivity contribution is 6.01. The van der Waals surface area contributed by atoms with Crippen LogP contribution in [-0.2, 0) is 4.79 Å². The van der Waals surface area contributed by atoms with E-state index in [1.165, 1.54) is 7.11 Å². The van der Waals surface area contributed by atoms with E-state index in [4.69, 9.17) is 10.00 Å². The lowest BCUT2D eigenvalue weighted by atomic mass is 10.3. The van der Waals surface area contributed by atoms with Gasteiger partial charge in [0.2, 0.25) is 5.91 Å². The molecule has 0 spiro atoms. The Labute approximate surface area is 98.2 Å². The molecule has 0 saturated heterocycles. The van der Waals surface area contributed by atoms with Gasteiger partial charge in [0.25, 0.3) is 0 Å². The maximum absolute atomic E-state index is 11.3. The first-order valence-electron chi connectivity index (χ1n) is 4.77. The second kappa shape index (κ2) is 6.12. The normalized spacial score (nSPS) is 8.94. The van der Waals surface area contributed by atoms with E-state index in [1.54, 1.807) is 30.3 Å². The van der Waals surface area contributed by atoms with Gasteiger partial charge in [0, 0.05) is 11.8 Å². The van der Waals surface area contributed by atoms with E-state index in [2.05, 4.69) is 5.32 Å². The third-order valence-electron chi connectivity index (χ3n) is 1.82. The van der Waals surface area contributed by atoms with Crippen LogP contribution < -0.4 is 15.4 Å². The van der Waals surface area contributed by atoms with Crippen molar-refractivity contribution in [2.24, 2.45) is 0 Å². The largest absolute Gasteiger partial charge is 0.497 e. The van der Waals surface area contributed by atoms with Crippen LogP contribution in [-0.4, -0.2) is 19.0 Å². The lowest BCUT2D eigenvalue weighted by molar-refractivity contribution is -0.118. The standard InChI is InChI=1S/C11H11N3O3/c1-17-9-4-2-3-8(7-9)13-11(16)14-10(15)5-6-12/h2-4,7H,5H2,1H3,(H2,13,14,15,16). The van der Waals surface area contributed by atoms with E-state index < -0.39 is 11.9 Å². The number of rotatable bonds is 3. The van der Waals surface area contributed by atoms with Crippen LogP contribution >= 0.6 is 0 Å². The Morgan fingerprint density at radius 1 is 1.47 bits per heavy atom. The predicted octanol–water partition coefficient (Wildman–Crippen LogP) is 1.26. The zero-order chi connectivity index (χ0) is 12.7. The molecule has 0 aromatic heterocycles. The van der Waals surface area contributed by atoms with Crippen LogP contribution in [0, 0.1) is 11.3 Å². The molecule has 0 aliphatic heterocycles. The molecule has 0 bridgehead atoms. The molecule has 0 saturated carbocycles. The van der Waals surface area contributed by atoms with Crippen molar-refractivity contribution in [2.45, 2.75) is 6.42 Å². The third kappa shape index (κ3) is 4.22. The average Bonchev–Trinajstić information content (AvgIpc) is 2.29. The fraction of sp³-hybridized carbons (Fsp3) is 0.182. The Bertz CT molecular complexity index is 465. The van der Waals surface area contributed by atoms with Crippen LogP contribution in [0.4, 0.5) is 10.5 Å². The van der Waals surface area contributed by atoms with Gasteiger partial charge in [-0.05, 0) is 12.1 Å². The molecule has 2 N–H and O–H groups in total. The molecule has 1 aromatic carbocycles. The number of nitrogens with one attached hydrogen (secondary N) is 2. The Kier molecular flexibility index (Phi) is 4.51. The second-order valence-corrected chi connectivity index (χ2v) is 3.07. The summed E-state index contributed by atoms with van der Waals surface area (Å²) in [5.41, 5.74) is 0.492. The number of carbonyl (C=O) groups is 2. The smallest absolute Gasteiger partial charge is 0.325 e. The number of nitrogens with zero attached hydrogens (tertiary/aromatic N) is 1. The molecule has 0 aliphatic carbocycles. The number of hydrogen-bond acceptors (Lipinski definition) is 4. The highest BCUT2D eigenvalue weighted by atomic mass is 16.5. The number of amides is 3. The molecule has 6 nitrogen and oxygen atoms in total. The zero-order valence-corrected chi connectivity index (χ0v) is 9.19. The monoisotopic (exact) mass is 233 g/mol. The molecular weight excluding hydrogens is 222 g/mol. The summed E-state index contributed by atoms with van der Waals surface area (Å²) in [5.74, 6) is -0.0564. The minimum atomic E-state index is -0.682. The van der Waals surface area contributed by atoms with Crippen LogP contribution in [0.5, 0.6) is 5.75 Å². The lowest BCUT2D eigenvalue weighted by Crippen LogP contribution is -2.33. The summed E-state index contributed by atoms with van der Waals surface area (Å²) in [4.78, 5) is 22.3. The van der Waals surface area contributed by atoms with E-state index in [-0.39, 0.29) is 6.42 Å². The summed E-state index contributed by atoms with van der Waals surface area (Å²) in [6, 6.07) is 7.64. The van der Waals surface area contributed by atoms with Crippen LogP contribution in [0.1, 0.15) is 6.42 Å². The summed E-state index contributed by atoms with van der Waals surface area (Å²) in [7, 11) is 1.51. The van der Waals surface area contributed by atoms with E-state index in [0.29, 0.717) is 11.4 Å². The summed E-state index contributed by atoms with van der Waals surface area (Å²) in [6.07, 6.45) is -0.356. The predicted molar refractivity (Wildman–Crippen MR) is 60.4 cm³/mol. The van der Waals surface area contributed by atoms with Gasteiger partial charge >= 0.3 is 6.03 Å². The number of imide groups is 1. The summed E-state index contributed by atoms with van der Waals surface area (Å²) in [6.45, 7) is 0. The molecular formula is C11H11N3O3. The number of nitriles is 1. The molecule has 0 atom stereocenters. The first kappa shape index (κ1) is 12.5. The van der Waals surface area contributed by atoms with Crippen LogP contribution in [0.3, 0.4) is 0 Å².